The maximum Gasteiger partial charge on any atom is 0.337 e. The molecule has 0 spiro atoms. The highest BCUT2D eigenvalue weighted by Crippen LogP contribution is 2.12. The van der Waals surface area contributed by atoms with Gasteiger partial charge in [0.15, 0.2) is 0 Å². The Kier molecular flexibility index (Phi) is 5.71. The van der Waals surface area contributed by atoms with Crippen LogP contribution in [0.4, 0.5) is 0 Å². The van der Waals surface area contributed by atoms with Crippen LogP contribution in [0.5, 0.6) is 5.75 Å². The van der Waals surface area contributed by atoms with Gasteiger partial charge in [-0.1, -0.05) is 6.92 Å². The van der Waals surface area contributed by atoms with Gasteiger partial charge in [0.25, 0.3) is 0 Å². The predicted octanol–water partition coefficient (Wildman–Crippen LogP) is 2.30. The summed E-state index contributed by atoms with van der Waals surface area (Å²) in [4.78, 5) is 14.5. The Morgan fingerprint density at radius 3 is 3.06 bits per heavy atom. The molecule has 0 saturated heterocycles. The molecule has 0 atom stereocenters. The molecule has 1 aromatic heterocycles. The van der Waals surface area contributed by atoms with E-state index in [4.69, 9.17) is 9.84 Å². The van der Waals surface area contributed by atoms with E-state index in [1.807, 2.05) is 11.8 Å². The molecule has 1 aromatic rings. The number of aromatic nitrogens is 1. The van der Waals surface area contributed by atoms with E-state index in [1.165, 1.54) is 18.5 Å². The standard InChI is InChI=1S/C11H15NO3S/c1-2-16-5-3-4-15-10-6-9(11(13)14)7-12-8-10/h6-8H,2-5H2,1H3,(H,13,14). The zero-order chi connectivity index (χ0) is 11.8. The second-order valence-corrected chi connectivity index (χ2v) is 4.51. The van der Waals surface area contributed by atoms with Crippen LogP contribution < -0.4 is 4.74 Å². The molecule has 0 saturated carbocycles. The van der Waals surface area contributed by atoms with Gasteiger partial charge in [0.1, 0.15) is 5.75 Å². The molecule has 0 amide bonds. The van der Waals surface area contributed by atoms with Crippen molar-refractivity contribution in [3.63, 3.8) is 0 Å². The highest BCUT2D eigenvalue weighted by molar-refractivity contribution is 7.99. The third-order valence-corrected chi connectivity index (χ3v) is 2.85. The van der Waals surface area contributed by atoms with E-state index in [2.05, 4.69) is 11.9 Å². The molecule has 0 bridgehead atoms. The minimum atomic E-state index is -0.987. The molecule has 5 heteroatoms. The Morgan fingerprint density at radius 2 is 2.38 bits per heavy atom. The Bertz CT molecular complexity index is 344. The number of carboxylic acids is 1. The number of hydrogen-bond acceptors (Lipinski definition) is 4. The number of pyridine rings is 1. The molecule has 1 heterocycles. The summed E-state index contributed by atoms with van der Waals surface area (Å²) in [7, 11) is 0. The lowest BCUT2D eigenvalue weighted by Crippen LogP contribution is -2.02. The van der Waals surface area contributed by atoms with Crippen LogP contribution >= 0.6 is 11.8 Å². The van der Waals surface area contributed by atoms with Gasteiger partial charge in [-0.2, -0.15) is 11.8 Å². The molecule has 0 aromatic carbocycles. The molecular weight excluding hydrogens is 226 g/mol. The van der Waals surface area contributed by atoms with E-state index in [0.717, 1.165) is 17.9 Å². The highest BCUT2D eigenvalue weighted by atomic mass is 32.2. The second-order valence-electron chi connectivity index (χ2n) is 3.11. The van der Waals surface area contributed by atoms with Gasteiger partial charge in [0, 0.05) is 6.20 Å². The molecule has 16 heavy (non-hydrogen) atoms. The minimum absolute atomic E-state index is 0.153. The summed E-state index contributed by atoms with van der Waals surface area (Å²) >= 11 is 1.86. The number of hydrogen-bond donors (Lipinski definition) is 1. The third-order valence-electron chi connectivity index (χ3n) is 1.87. The van der Waals surface area contributed by atoms with E-state index in [1.54, 1.807) is 0 Å². The van der Waals surface area contributed by atoms with Gasteiger partial charge < -0.3 is 9.84 Å². The van der Waals surface area contributed by atoms with Gasteiger partial charge >= 0.3 is 5.97 Å². The Hall–Kier alpha value is -1.23. The van der Waals surface area contributed by atoms with Crippen LogP contribution in [0.2, 0.25) is 0 Å². The van der Waals surface area contributed by atoms with Gasteiger partial charge in [-0.15, -0.1) is 0 Å². The molecule has 0 aliphatic heterocycles. The smallest absolute Gasteiger partial charge is 0.337 e. The maximum atomic E-state index is 10.7. The zero-order valence-corrected chi connectivity index (χ0v) is 10.00. The highest BCUT2D eigenvalue weighted by Gasteiger charge is 2.04. The van der Waals surface area contributed by atoms with E-state index in [9.17, 15) is 4.79 Å². The van der Waals surface area contributed by atoms with Gasteiger partial charge in [0.2, 0.25) is 0 Å². The lowest BCUT2D eigenvalue weighted by molar-refractivity contribution is 0.0696. The number of rotatable bonds is 7. The summed E-state index contributed by atoms with van der Waals surface area (Å²) in [5, 5.41) is 8.75. The first kappa shape index (κ1) is 12.8. The van der Waals surface area contributed by atoms with Crippen LogP contribution in [0.3, 0.4) is 0 Å². The fourth-order valence-electron chi connectivity index (χ4n) is 1.11. The van der Waals surface area contributed by atoms with Crippen LogP contribution in [0.1, 0.15) is 23.7 Å². The molecule has 0 fully saturated rings. The van der Waals surface area contributed by atoms with E-state index < -0.39 is 5.97 Å². The molecule has 0 radical (unpaired) electrons. The summed E-state index contributed by atoms with van der Waals surface area (Å²) in [5.41, 5.74) is 0.153. The molecule has 0 aliphatic carbocycles. The van der Waals surface area contributed by atoms with Gasteiger partial charge in [-0.05, 0) is 24.0 Å². The average molecular weight is 241 g/mol. The van der Waals surface area contributed by atoms with Crippen molar-refractivity contribution in [3.05, 3.63) is 24.0 Å². The second kappa shape index (κ2) is 7.11. The lowest BCUT2D eigenvalue weighted by atomic mass is 10.3. The first-order chi connectivity index (χ1) is 7.74. The van der Waals surface area contributed by atoms with Crippen molar-refractivity contribution in [2.24, 2.45) is 0 Å². The van der Waals surface area contributed by atoms with Gasteiger partial charge in [-0.3, -0.25) is 4.98 Å². The number of carboxylic acid groups (broad SMARTS) is 1. The Labute approximate surface area is 99.0 Å². The first-order valence-corrected chi connectivity index (χ1v) is 6.28. The lowest BCUT2D eigenvalue weighted by Gasteiger charge is -2.05. The summed E-state index contributed by atoms with van der Waals surface area (Å²) < 4.78 is 5.40. The molecular formula is C11H15NO3S. The van der Waals surface area contributed by atoms with Gasteiger partial charge in [-0.25, -0.2) is 4.79 Å². The van der Waals surface area contributed by atoms with Crippen LogP contribution in [-0.2, 0) is 0 Å². The summed E-state index contributed by atoms with van der Waals surface area (Å²) in [5.74, 6) is 1.69. The Balaban J connectivity index is 2.36. The van der Waals surface area contributed by atoms with Crippen molar-refractivity contribution < 1.29 is 14.6 Å². The number of thioether (sulfide) groups is 1. The summed E-state index contributed by atoms with van der Waals surface area (Å²) in [6.45, 7) is 2.71. The van der Waals surface area contributed by atoms with Crippen LogP contribution in [0.25, 0.3) is 0 Å². The van der Waals surface area contributed by atoms with Crippen LogP contribution in [0, 0.1) is 0 Å². The predicted molar refractivity (Wildman–Crippen MR) is 64.3 cm³/mol. The summed E-state index contributed by atoms with van der Waals surface area (Å²) in [6, 6.07) is 1.49. The van der Waals surface area contributed by atoms with E-state index >= 15 is 0 Å². The van der Waals surface area contributed by atoms with Crippen molar-refractivity contribution in [2.45, 2.75) is 13.3 Å². The quantitative estimate of drug-likeness (QED) is 0.742. The fraction of sp³-hybridized carbons (Fsp3) is 0.455. The van der Waals surface area contributed by atoms with Crippen molar-refractivity contribution in [2.75, 3.05) is 18.1 Å². The third kappa shape index (κ3) is 4.53. The maximum absolute atomic E-state index is 10.7. The van der Waals surface area contributed by atoms with Crippen molar-refractivity contribution in [1.82, 2.24) is 4.98 Å². The SMILES string of the molecule is CCSCCCOc1cncc(C(=O)O)c1. The largest absolute Gasteiger partial charge is 0.492 e. The number of aromatic carboxylic acids is 1. The number of nitrogens with zero attached hydrogens (tertiary/aromatic N) is 1. The molecule has 4 nitrogen and oxygen atoms in total. The van der Waals surface area contributed by atoms with E-state index in [-0.39, 0.29) is 5.56 Å². The monoisotopic (exact) mass is 241 g/mol. The normalized spacial score (nSPS) is 10.1. The first-order valence-electron chi connectivity index (χ1n) is 5.13. The molecule has 0 unspecified atom stereocenters. The average Bonchev–Trinajstić information content (AvgIpc) is 2.29. The fourth-order valence-corrected chi connectivity index (χ4v) is 1.72. The minimum Gasteiger partial charge on any atom is -0.492 e. The number of ether oxygens (including phenoxy) is 1. The molecule has 0 aliphatic rings. The summed E-state index contributed by atoms with van der Waals surface area (Å²) in [6.07, 6.45) is 3.79. The zero-order valence-electron chi connectivity index (χ0n) is 9.18. The van der Waals surface area contributed by atoms with Crippen LogP contribution in [0.15, 0.2) is 18.5 Å². The molecule has 88 valence electrons. The van der Waals surface area contributed by atoms with Crippen molar-refractivity contribution in [3.8, 4) is 5.75 Å². The molecule has 1 rings (SSSR count). The topological polar surface area (TPSA) is 59.4 Å². The molecule has 1 N–H and O–H groups in total. The Morgan fingerprint density at radius 1 is 1.56 bits per heavy atom. The van der Waals surface area contributed by atoms with Crippen molar-refractivity contribution >= 4 is 17.7 Å². The van der Waals surface area contributed by atoms with Gasteiger partial charge in [0.05, 0.1) is 18.4 Å². The van der Waals surface area contributed by atoms with Crippen LogP contribution in [-0.4, -0.2) is 34.2 Å². The van der Waals surface area contributed by atoms with Crippen molar-refractivity contribution in [1.29, 1.82) is 0 Å². The van der Waals surface area contributed by atoms with E-state index in [0.29, 0.717) is 12.4 Å². The number of carbonyl (C=O) groups is 1.